The van der Waals surface area contributed by atoms with Crippen molar-refractivity contribution in [2.75, 3.05) is 5.32 Å². The number of anilines is 1. The lowest BCUT2D eigenvalue weighted by atomic mass is 10.1. The summed E-state index contributed by atoms with van der Waals surface area (Å²) in [4.78, 5) is 15.1. The molecule has 0 aliphatic heterocycles. The fourth-order valence-electron chi connectivity index (χ4n) is 1.67. The monoisotopic (exact) mass is 241 g/mol. The number of hydrogen-bond donors (Lipinski definition) is 2. The highest BCUT2D eigenvalue weighted by Gasteiger charge is 2.06. The van der Waals surface area contributed by atoms with Crippen LogP contribution in [0.1, 0.15) is 28.9 Å². The van der Waals surface area contributed by atoms with E-state index in [1.807, 2.05) is 18.2 Å². The van der Waals surface area contributed by atoms with Gasteiger partial charge in [0.05, 0.1) is 5.56 Å². The Morgan fingerprint density at radius 2 is 1.94 bits per heavy atom. The number of nitrogens with one attached hydrogen (secondary N) is 1. The highest BCUT2D eigenvalue weighted by molar-refractivity contribution is 5.92. The summed E-state index contributed by atoms with van der Waals surface area (Å²) >= 11 is 0. The molecule has 0 bridgehead atoms. The van der Waals surface area contributed by atoms with Crippen molar-refractivity contribution in [1.82, 2.24) is 4.98 Å². The first-order valence-electron chi connectivity index (χ1n) is 5.74. The SMILES string of the molecule is C[C@H](Nc1ccc(C(N)=O)cn1)c1ccccc1. The van der Waals surface area contributed by atoms with E-state index in [-0.39, 0.29) is 6.04 Å². The van der Waals surface area contributed by atoms with E-state index in [2.05, 4.69) is 29.4 Å². The molecule has 1 amide bonds. The van der Waals surface area contributed by atoms with Crippen LogP contribution < -0.4 is 11.1 Å². The molecule has 0 radical (unpaired) electrons. The average molecular weight is 241 g/mol. The van der Waals surface area contributed by atoms with Crippen LogP contribution in [0.3, 0.4) is 0 Å². The van der Waals surface area contributed by atoms with Crippen LogP contribution in [0.25, 0.3) is 0 Å². The molecular weight excluding hydrogens is 226 g/mol. The Hall–Kier alpha value is -2.36. The number of carbonyl (C=O) groups is 1. The average Bonchev–Trinajstić information content (AvgIpc) is 2.40. The molecule has 0 aliphatic carbocycles. The molecule has 0 spiro atoms. The van der Waals surface area contributed by atoms with E-state index in [0.717, 1.165) is 5.82 Å². The Bertz CT molecular complexity index is 522. The minimum Gasteiger partial charge on any atom is -0.366 e. The van der Waals surface area contributed by atoms with Crippen LogP contribution in [0.4, 0.5) is 5.82 Å². The van der Waals surface area contributed by atoms with Gasteiger partial charge in [-0.15, -0.1) is 0 Å². The Labute approximate surface area is 106 Å². The molecular formula is C14H15N3O. The van der Waals surface area contributed by atoms with Crippen molar-refractivity contribution in [3.8, 4) is 0 Å². The van der Waals surface area contributed by atoms with Crippen molar-refractivity contribution in [2.45, 2.75) is 13.0 Å². The van der Waals surface area contributed by atoms with E-state index in [9.17, 15) is 4.79 Å². The fraction of sp³-hybridized carbons (Fsp3) is 0.143. The summed E-state index contributed by atoms with van der Waals surface area (Å²) < 4.78 is 0. The van der Waals surface area contributed by atoms with Gasteiger partial charge in [-0.25, -0.2) is 4.98 Å². The molecule has 0 saturated heterocycles. The summed E-state index contributed by atoms with van der Waals surface area (Å²) in [5.74, 6) is 0.251. The normalized spacial score (nSPS) is 11.8. The first-order valence-corrected chi connectivity index (χ1v) is 5.74. The van der Waals surface area contributed by atoms with Crippen LogP contribution in [0.15, 0.2) is 48.7 Å². The number of amides is 1. The standard InChI is InChI=1S/C14H15N3O/c1-10(11-5-3-2-4-6-11)17-13-8-7-12(9-16-13)14(15)18/h2-10H,1H3,(H2,15,18)(H,16,17)/t10-/m0/s1. The summed E-state index contributed by atoms with van der Waals surface area (Å²) in [6, 6.07) is 13.6. The van der Waals surface area contributed by atoms with Gasteiger partial charge in [-0.3, -0.25) is 4.79 Å². The van der Waals surface area contributed by atoms with Gasteiger partial charge in [-0.1, -0.05) is 30.3 Å². The van der Waals surface area contributed by atoms with Gasteiger partial charge in [0.25, 0.3) is 0 Å². The van der Waals surface area contributed by atoms with Gasteiger partial charge in [0.15, 0.2) is 0 Å². The Morgan fingerprint density at radius 3 is 2.50 bits per heavy atom. The Morgan fingerprint density at radius 1 is 1.22 bits per heavy atom. The highest BCUT2D eigenvalue weighted by Crippen LogP contribution is 2.17. The van der Waals surface area contributed by atoms with Crippen molar-refractivity contribution < 1.29 is 4.79 Å². The summed E-state index contributed by atoms with van der Waals surface area (Å²) in [5, 5.41) is 3.26. The number of hydrogen-bond acceptors (Lipinski definition) is 3. The zero-order chi connectivity index (χ0) is 13.0. The van der Waals surface area contributed by atoms with Gasteiger partial charge in [-0.2, -0.15) is 0 Å². The molecule has 0 saturated carbocycles. The largest absolute Gasteiger partial charge is 0.366 e. The van der Waals surface area contributed by atoms with Crippen LogP contribution in [-0.4, -0.2) is 10.9 Å². The Kier molecular flexibility index (Phi) is 3.57. The summed E-state index contributed by atoms with van der Waals surface area (Å²) in [7, 11) is 0. The van der Waals surface area contributed by atoms with Gasteiger partial charge in [0, 0.05) is 12.2 Å². The summed E-state index contributed by atoms with van der Waals surface area (Å²) in [5.41, 5.74) is 6.75. The molecule has 0 fully saturated rings. The Balaban J connectivity index is 2.08. The van der Waals surface area contributed by atoms with E-state index >= 15 is 0 Å². The number of pyridine rings is 1. The number of carbonyl (C=O) groups excluding carboxylic acids is 1. The molecule has 0 unspecified atom stereocenters. The van der Waals surface area contributed by atoms with E-state index in [4.69, 9.17) is 5.73 Å². The van der Waals surface area contributed by atoms with E-state index in [1.165, 1.54) is 11.8 Å². The molecule has 4 heteroatoms. The van der Waals surface area contributed by atoms with Gasteiger partial charge in [0.2, 0.25) is 5.91 Å². The molecule has 1 aromatic heterocycles. The van der Waals surface area contributed by atoms with E-state index in [0.29, 0.717) is 5.56 Å². The number of rotatable bonds is 4. The van der Waals surface area contributed by atoms with Gasteiger partial charge in [0.1, 0.15) is 5.82 Å². The number of nitrogens with zero attached hydrogens (tertiary/aromatic N) is 1. The van der Waals surface area contributed by atoms with Crippen molar-refractivity contribution in [3.63, 3.8) is 0 Å². The van der Waals surface area contributed by atoms with Crippen LogP contribution in [-0.2, 0) is 0 Å². The molecule has 2 aromatic rings. The highest BCUT2D eigenvalue weighted by atomic mass is 16.1. The summed E-state index contributed by atoms with van der Waals surface area (Å²) in [6.45, 7) is 2.05. The second-order valence-corrected chi connectivity index (χ2v) is 4.07. The summed E-state index contributed by atoms with van der Waals surface area (Å²) in [6.07, 6.45) is 1.47. The van der Waals surface area contributed by atoms with E-state index < -0.39 is 5.91 Å². The predicted molar refractivity (Wildman–Crippen MR) is 71.2 cm³/mol. The second kappa shape index (κ2) is 5.31. The van der Waals surface area contributed by atoms with Gasteiger partial charge in [-0.05, 0) is 24.6 Å². The first-order chi connectivity index (χ1) is 8.66. The van der Waals surface area contributed by atoms with E-state index in [1.54, 1.807) is 12.1 Å². The minimum absolute atomic E-state index is 0.151. The fourth-order valence-corrected chi connectivity index (χ4v) is 1.67. The maximum absolute atomic E-state index is 10.9. The lowest BCUT2D eigenvalue weighted by Crippen LogP contribution is -2.12. The lowest BCUT2D eigenvalue weighted by Gasteiger charge is -2.14. The topological polar surface area (TPSA) is 68.0 Å². The maximum Gasteiger partial charge on any atom is 0.250 e. The molecule has 4 nitrogen and oxygen atoms in total. The molecule has 1 atom stereocenters. The van der Waals surface area contributed by atoms with Gasteiger partial charge >= 0.3 is 0 Å². The van der Waals surface area contributed by atoms with Crippen LogP contribution in [0.2, 0.25) is 0 Å². The molecule has 92 valence electrons. The number of primary amides is 1. The minimum atomic E-state index is -0.467. The smallest absolute Gasteiger partial charge is 0.250 e. The van der Waals surface area contributed by atoms with Crippen LogP contribution in [0.5, 0.6) is 0 Å². The molecule has 0 aliphatic rings. The second-order valence-electron chi connectivity index (χ2n) is 4.07. The third-order valence-corrected chi connectivity index (χ3v) is 2.71. The first kappa shape index (κ1) is 12.1. The van der Waals surface area contributed by atoms with Crippen molar-refractivity contribution in [2.24, 2.45) is 5.73 Å². The van der Waals surface area contributed by atoms with Crippen LogP contribution >= 0.6 is 0 Å². The quantitative estimate of drug-likeness (QED) is 0.863. The number of benzene rings is 1. The molecule has 3 N–H and O–H groups in total. The third kappa shape index (κ3) is 2.85. The lowest BCUT2D eigenvalue weighted by molar-refractivity contribution is 0.1000. The van der Waals surface area contributed by atoms with Crippen LogP contribution in [0, 0.1) is 0 Å². The predicted octanol–water partition coefficient (Wildman–Crippen LogP) is 2.35. The van der Waals surface area contributed by atoms with Crippen molar-refractivity contribution >= 4 is 11.7 Å². The molecule has 1 aromatic carbocycles. The van der Waals surface area contributed by atoms with Crippen molar-refractivity contribution in [3.05, 3.63) is 59.8 Å². The molecule has 18 heavy (non-hydrogen) atoms. The number of aromatic nitrogens is 1. The maximum atomic E-state index is 10.9. The molecule has 1 heterocycles. The zero-order valence-electron chi connectivity index (χ0n) is 10.1. The number of nitrogens with two attached hydrogens (primary N) is 1. The van der Waals surface area contributed by atoms with Crippen molar-refractivity contribution in [1.29, 1.82) is 0 Å². The molecule has 2 rings (SSSR count). The third-order valence-electron chi connectivity index (χ3n) is 2.71. The zero-order valence-corrected chi connectivity index (χ0v) is 10.1. The van der Waals surface area contributed by atoms with Gasteiger partial charge < -0.3 is 11.1 Å².